The van der Waals surface area contributed by atoms with Crippen LogP contribution in [0.1, 0.15) is 47.1 Å². The number of rotatable bonds is 6. The van der Waals surface area contributed by atoms with Crippen molar-refractivity contribution in [1.29, 1.82) is 0 Å². The largest absolute Gasteiger partial charge is 0.355 e. The summed E-state index contributed by atoms with van der Waals surface area (Å²) in [5.74, 6) is 0. The topological polar surface area (TPSA) is 47.6 Å². The first-order valence-corrected chi connectivity index (χ1v) is 12.8. The third-order valence-corrected chi connectivity index (χ3v) is 17.7. The number of hydrogen-bond acceptors (Lipinski definition) is 4. The number of hydrazine groups is 3. The molecule has 5 nitrogen and oxygen atoms in total. The minimum atomic E-state index is -1.63. The zero-order valence-electron chi connectivity index (χ0n) is 16.7. The van der Waals surface area contributed by atoms with Gasteiger partial charge in [-0.25, -0.2) is 14.8 Å². The molecule has 0 saturated carbocycles. The van der Waals surface area contributed by atoms with Crippen LogP contribution in [0, 0.1) is 6.92 Å². The lowest BCUT2D eigenvalue weighted by molar-refractivity contribution is 0.214. The van der Waals surface area contributed by atoms with E-state index in [0.29, 0.717) is 16.6 Å². The summed E-state index contributed by atoms with van der Waals surface area (Å²) >= 11 is 2.10. The highest BCUT2D eigenvalue weighted by Crippen LogP contribution is 2.53. The van der Waals surface area contributed by atoms with Crippen LogP contribution in [0.15, 0.2) is 23.1 Å². The second kappa shape index (κ2) is 7.69. The van der Waals surface area contributed by atoms with Gasteiger partial charge in [-0.1, -0.05) is 47.6 Å². The van der Waals surface area contributed by atoms with E-state index < -0.39 is 7.22 Å². The molecule has 1 aromatic rings. The van der Waals surface area contributed by atoms with E-state index >= 15 is 0 Å². The van der Waals surface area contributed by atoms with Gasteiger partial charge in [0.1, 0.15) is 7.22 Å². The molecular weight excluding hydrogens is 348 g/mol. The van der Waals surface area contributed by atoms with Crippen LogP contribution in [0.5, 0.6) is 0 Å². The van der Waals surface area contributed by atoms with Crippen LogP contribution in [0.4, 0.5) is 10.5 Å². The van der Waals surface area contributed by atoms with Crippen LogP contribution in [0.3, 0.4) is 0 Å². The fourth-order valence-electron chi connectivity index (χ4n) is 4.03. The molecule has 2 rings (SSSR count). The number of nitrogens with one attached hydrogen (secondary N) is 2. The van der Waals surface area contributed by atoms with Crippen molar-refractivity contribution in [3.05, 3.63) is 23.8 Å². The third kappa shape index (κ3) is 3.60. The molecule has 0 aromatic heterocycles. The summed E-state index contributed by atoms with van der Waals surface area (Å²) in [6.45, 7) is 16.4. The maximum absolute atomic E-state index is 12.3. The van der Waals surface area contributed by atoms with E-state index in [1.165, 1.54) is 9.90 Å². The molecular formula is C18H32N4OSSi. The molecule has 0 atom stereocenters. The minimum Gasteiger partial charge on any atom is -0.246 e. The quantitative estimate of drug-likeness (QED) is 0.677. The highest BCUT2D eigenvalue weighted by molar-refractivity contribution is 8.29. The highest BCUT2D eigenvalue weighted by Gasteiger charge is 2.44. The summed E-state index contributed by atoms with van der Waals surface area (Å²) in [5.41, 5.74) is 9.87. The van der Waals surface area contributed by atoms with Crippen molar-refractivity contribution in [2.24, 2.45) is 0 Å². The van der Waals surface area contributed by atoms with Gasteiger partial charge < -0.3 is 0 Å². The van der Waals surface area contributed by atoms with Gasteiger partial charge >= 0.3 is 6.03 Å². The molecule has 0 unspecified atom stereocenters. The van der Waals surface area contributed by atoms with Gasteiger partial charge in [0.15, 0.2) is 0 Å². The molecule has 1 aliphatic rings. The number of nitrogens with zero attached hydrogens (tertiary/aromatic N) is 2. The summed E-state index contributed by atoms with van der Waals surface area (Å²) in [6.07, 6.45) is 0. The molecule has 1 heterocycles. The molecule has 0 aliphatic carbocycles. The van der Waals surface area contributed by atoms with Gasteiger partial charge in [0.2, 0.25) is 0 Å². The van der Waals surface area contributed by atoms with E-state index in [-0.39, 0.29) is 6.03 Å². The van der Waals surface area contributed by atoms with E-state index in [0.717, 1.165) is 11.3 Å². The molecule has 2 amide bonds. The third-order valence-electron chi connectivity index (χ3n) is 5.30. The van der Waals surface area contributed by atoms with Crippen LogP contribution in [0.2, 0.25) is 16.6 Å². The molecule has 1 fully saturated rings. The molecule has 25 heavy (non-hydrogen) atoms. The van der Waals surface area contributed by atoms with E-state index in [4.69, 9.17) is 0 Å². The number of hydrogen-bond donors (Lipinski definition) is 2. The molecule has 140 valence electrons. The summed E-state index contributed by atoms with van der Waals surface area (Å²) in [4.78, 5) is 13.6. The van der Waals surface area contributed by atoms with Crippen LogP contribution in [0.25, 0.3) is 0 Å². The first kappa shape index (κ1) is 20.3. The summed E-state index contributed by atoms with van der Waals surface area (Å²) in [7, 11) is 0.0798. The smallest absolute Gasteiger partial charge is 0.246 e. The molecule has 0 radical (unpaired) electrons. The average Bonchev–Trinajstić information content (AvgIpc) is 2.85. The Balaban J connectivity index is 2.43. The van der Waals surface area contributed by atoms with E-state index in [9.17, 15) is 4.79 Å². The van der Waals surface area contributed by atoms with Crippen molar-refractivity contribution in [2.45, 2.75) is 70.0 Å². The van der Waals surface area contributed by atoms with Crippen LogP contribution < -0.4 is 16.1 Å². The van der Waals surface area contributed by atoms with Crippen molar-refractivity contribution < 1.29 is 4.79 Å². The zero-order chi connectivity index (χ0) is 18.9. The van der Waals surface area contributed by atoms with Crippen molar-refractivity contribution in [3.8, 4) is 0 Å². The predicted molar refractivity (Wildman–Crippen MR) is 110 cm³/mol. The molecule has 7 heteroatoms. The monoisotopic (exact) mass is 380 g/mol. The van der Waals surface area contributed by atoms with Crippen molar-refractivity contribution in [3.63, 3.8) is 0 Å². The number of urea groups is 1. The first-order valence-electron chi connectivity index (χ1n) is 9.00. The van der Waals surface area contributed by atoms with Gasteiger partial charge in [0.05, 0.1) is 5.69 Å². The van der Waals surface area contributed by atoms with Crippen LogP contribution >= 0.6 is 11.2 Å². The van der Waals surface area contributed by atoms with Gasteiger partial charge in [-0.2, -0.15) is 0 Å². The Morgan fingerprint density at radius 2 is 1.56 bits per heavy atom. The fraction of sp³-hybridized carbons (Fsp3) is 0.611. The SMILES string of the molecule is Cc1c(S[Si](C(C)C)(C(C)C)C(C)C)cccc1N1NNN(C)C1=O. The van der Waals surface area contributed by atoms with E-state index in [2.05, 4.69) is 82.9 Å². The van der Waals surface area contributed by atoms with Gasteiger partial charge in [-0.15, -0.1) is 22.3 Å². The predicted octanol–water partition coefficient (Wildman–Crippen LogP) is 5.06. The fourth-order valence-corrected chi connectivity index (χ4v) is 13.5. The number of carbonyl (C=O) groups excluding carboxylic acids is 1. The molecule has 2 N–H and O–H groups in total. The van der Waals surface area contributed by atoms with E-state index in [1.807, 2.05) is 6.07 Å². The first-order chi connectivity index (χ1) is 11.6. The highest BCUT2D eigenvalue weighted by atomic mass is 32.4. The standard InChI is InChI=1S/C18H32N4OSSi/c1-12(2)25(13(3)4,14(5)6)24-17-11-9-10-16(15(17)7)22-18(23)21(8)19-20-22/h9-14,19-20H,1-8H3. The molecule has 1 aromatic carbocycles. The lowest BCUT2D eigenvalue weighted by Crippen LogP contribution is -2.41. The maximum Gasteiger partial charge on any atom is 0.355 e. The summed E-state index contributed by atoms with van der Waals surface area (Å²) < 4.78 is 0. The Morgan fingerprint density at radius 3 is 2.00 bits per heavy atom. The van der Waals surface area contributed by atoms with E-state index in [1.54, 1.807) is 12.1 Å². The number of anilines is 1. The molecule has 0 spiro atoms. The van der Waals surface area contributed by atoms with Crippen LogP contribution in [-0.4, -0.2) is 25.3 Å². The van der Waals surface area contributed by atoms with Gasteiger partial charge in [-0.3, -0.25) is 0 Å². The van der Waals surface area contributed by atoms with Gasteiger partial charge in [-0.05, 0) is 41.2 Å². The number of amides is 2. The zero-order valence-corrected chi connectivity index (χ0v) is 18.5. The van der Waals surface area contributed by atoms with Crippen molar-refractivity contribution >= 4 is 30.2 Å². The number of carbonyl (C=O) groups is 1. The maximum atomic E-state index is 12.3. The van der Waals surface area contributed by atoms with Crippen LogP contribution in [-0.2, 0) is 0 Å². The Bertz CT molecular complexity index is 614. The second-order valence-corrected chi connectivity index (χ2v) is 16.3. The van der Waals surface area contributed by atoms with Gasteiger partial charge in [0, 0.05) is 11.9 Å². The Kier molecular flexibility index (Phi) is 6.25. The number of benzene rings is 1. The molecule has 1 aliphatic heterocycles. The van der Waals surface area contributed by atoms with Crippen molar-refractivity contribution in [2.75, 3.05) is 12.1 Å². The Labute approximate surface area is 157 Å². The molecule has 0 bridgehead atoms. The Morgan fingerprint density at radius 1 is 1.00 bits per heavy atom. The van der Waals surface area contributed by atoms with Crippen molar-refractivity contribution in [1.82, 2.24) is 16.1 Å². The second-order valence-electron chi connectivity index (χ2n) is 7.72. The average molecular weight is 381 g/mol. The summed E-state index contributed by atoms with van der Waals surface area (Å²) in [5, 5.41) is 3.01. The van der Waals surface area contributed by atoms with Gasteiger partial charge in [0.25, 0.3) is 0 Å². The lowest BCUT2D eigenvalue weighted by atomic mass is 10.2. The summed E-state index contributed by atoms with van der Waals surface area (Å²) in [6, 6.07) is 6.15. The normalized spacial score (nSPS) is 16.0. The molecule has 1 saturated heterocycles. The Hall–Kier alpha value is -1.02. The lowest BCUT2D eigenvalue weighted by Gasteiger charge is -2.42. The minimum absolute atomic E-state index is 0.106.